The minimum absolute atomic E-state index is 1.23. The molecule has 0 unspecified atom stereocenters. The number of hydrogen-bond donors (Lipinski definition) is 0. The minimum atomic E-state index is -2.49. The summed E-state index contributed by atoms with van der Waals surface area (Å²) >= 11 is 8.37. The van der Waals surface area contributed by atoms with Gasteiger partial charge in [-0.15, -0.1) is 0 Å². The third-order valence-electron chi connectivity index (χ3n) is 5.89. The molecule has 1 aliphatic rings. The summed E-state index contributed by atoms with van der Waals surface area (Å²) < 4.78 is 2.57. The molecule has 0 aromatic heterocycles. The first-order valence-electron chi connectivity index (χ1n) is 10.3. The molecular weight excluding hydrogens is 524 g/mol. The number of allylic oxidation sites excluding steroid dienone is 2. The molecule has 0 aliphatic carbocycles. The van der Waals surface area contributed by atoms with Crippen LogP contribution in [0.5, 0.6) is 0 Å². The van der Waals surface area contributed by atoms with Gasteiger partial charge < -0.3 is 0 Å². The molecule has 0 atom stereocenters. The van der Waals surface area contributed by atoms with Gasteiger partial charge in [-0.25, -0.2) is 0 Å². The highest BCUT2D eigenvalue weighted by Crippen LogP contribution is 2.52. The summed E-state index contributed by atoms with van der Waals surface area (Å²) in [4.78, 5) is 0. The van der Waals surface area contributed by atoms with Crippen molar-refractivity contribution in [3.63, 3.8) is 0 Å². The van der Waals surface area contributed by atoms with Crippen LogP contribution in [0.4, 0.5) is 0 Å². The van der Waals surface area contributed by atoms with Crippen molar-refractivity contribution in [1.29, 1.82) is 0 Å². The second-order valence-corrected chi connectivity index (χ2v) is 14.3. The topological polar surface area (TPSA) is 0 Å². The van der Waals surface area contributed by atoms with Crippen molar-refractivity contribution in [2.75, 3.05) is 0 Å². The van der Waals surface area contributed by atoms with E-state index in [0.717, 1.165) is 0 Å². The Morgan fingerprint density at radius 3 is 1.00 bits per heavy atom. The van der Waals surface area contributed by atoms with Crippen LogP contribution in [0.25, 0.3) is 11.1 Å². The van der Waals surface area contributed by atoms with Crippen molar-refractivity contribution >= 4 is 61.5 Å². The summed E-state index contributed by atoms with van der Waals surface area (Å²) in [7, 11) is -2.49. The SMILES string of the molecule is BrC1=C(c2ccccc2)C(c2ccccc2)=C(Br)[Si]1(c1ccccc1)c1ccccc1. The molecule has 0 nitrogen and oxygen atoms in total. The summed E-state index contributed by atoms with van der Waals surface area (Å²) in [5.74, 6) is 0. The fraction of sp³-hybridized carbons (Fsp3) is 0. The zero-order chi connectivity index (χ0) is 21.3. The van der Waals surface area contributed by atoms with E-state index in [4.69, 9.17) is 0 Å². The summed E-state index contributed by atoms with van der Waals surface area (Å²) in [6, 6.07) is 43.3. The van der Waals surface area contributed by atoms with Crippen LogP contribution in [0, 0.1) is 0 Å². The van der Waals surface area contributed by atoms with E-state index in [-0.39, 0.29) is 0 Å². The Kier molecular flexibility index (Phi) is 5.66. The normalized spacial score (nSPS) is 15.4. The second kappa shape index (κ2) is 8.58. The highest BCUT2D eigenvalue weighted by Gasteiger charge is 2.50. The molecule has 1 aliphatic heterocycles. The van der Waals surface area contributed by atoms with Gasteiger partial charge in [-0.3, -0.25) is 0 Å². The van der Waals surface area contributed by atoms with Gasteiger partial charge in [0.1, 0.15) is 0 Å². The van der Waals surface area contributed by atoms with Crippen LogP contribution in [0.3, 0.4) is 0 Å². The maximum Gasteiger partial charge on any atom is 0.196 e. The Labute approximate surface area is 201 Å². The van der Waals surface area contributed by atoms with Crippen LogP contribution in [0.1, 0.15) is 11.1 Å². The Morgan fingerprint density at radius 1 is 0.387 bits per heavy atom. The maximum atomic E-state index is 4.19. The molecule has 1 heterocycles. The molecule has 0 bridgehead atoms. The highest BCUT2D eigenvalue weighted by atomic mass is 79.9. The lowest BCUT2D eigenvalue weighted by molar-refractivity contribution is 1.59. The molecule has 0 fully saturated rings. The van der Waals surface area contributed by atoms with Crippen LogP contribution >= 0.6 is 31.9 Å². The fourth-order valence-corrected chi connectivity index (χ4v) is 14.3. The summed E-state index contributed by atoms with van der Waals surface area (Å²) in [6.45, 7) is 0. The van der Waals surface area contributed by atoms with Crippen LogP contribution in [-0.2, 0) is 0 Å². The van der Waals surface area contributed by atoms with E-state index in [9.17, 15) is 0 Å². The lowest BCUT2D eigenvalue weighted by atomic mass is 9.95. The van der Waals surface area contributed by atoms with Crippen LogP contribution in [0.15, 0.2) is 130 Å². The zero-order valence-electron chi connectivity index (χ0n) is 16.8. The van der Waals surface area contributed by atoms with Gasteiger partial charge in [0.05, 0.1) is 0 Å². The summed E-state index contributed by atoms with van der Waals surface area (Å²) in [6.07, 6.45) is 0. The first-order valence-corrected chi connectivity index (χ1v) is 13.9. The molecule has 150 valence electrons. The number of halogens is 2. The molecule has 0 saturated heterocycles. The Balaban J connectivity index is 1.93. The van der Waals surface area contributed by atoms with Gasteiger partial charge in [-0.1, -0.05) is 153 Å². The molecular formula is C28H20Br2Si. The quantitative estimate of drug-likeness (QED) is 0.244. The minimum Gasteiger partial charge on any atom is -0.0623 e. The van der Waals surface area contributed by atoms with Gasteiger partial charge in [-0.2, -0.15) is 0 Å². The van der Waals surface area contributed by atoms with Gasteiger partial charge in [0.2, 0.25) is 0 Å². The monoisotopic (exact) mass is 542 g/mol. The van der Waals surface area contributed by atoms with E-state index in [1.807, 2.05) is 0 Å². The third-order valence-corrected chi connectivity index (χ3v) is 14.5. The average molecular weight is 544 g/mol. The van der Waals surface area contributed by atoms with Crippen LogP contribution < -0.4 is 10.4 Å². The number of hydrogen-bond acceptors (Lipinski definition) is 0. The number of benzene rings is 4. The fourth-order valence-electron chi connectivity index (χ4n) is 4.49. The van der Waals surface area contributed by atoms with Crippen molar-refractivity contribution < 1.29 is 0 Å². The van der Waals surface area contributed by atoms with Gasteiger partial charge >= 0.3 is 0 Å². The smallest absolute Gasteiger partial charge is 0.0623 e. The Bertz CT molecular complexity index is 1160. The maximum absolute atomic E-state index is 4.19. The molecule has 0 spiro atoms. The van der Waals surface area contributed by atoms with Crippen molar-refractivity contribution in [3.8, 4) is 0 Å². The van der Waals surface area contributed by atoms with E-state index < -0.39 is 8.07 Å². The van der Waals surface area contributed by atoms with Crippen LogP contribution in [-0.4, -0.2) is 8.07 Å². The summed E-state index contributed by atoms with van der Waals surface area (Å²) in [5.41, 5.74) is 5.01. The van der Waals surface area contributed by atoms with Crippen LogP contribution in [0.2, 0.25) is 0 Å². The molecule has 0 radical (unpaired) electrons. The number of rotatable bonds is 4. The molecule has 31 heavy (non-hydrogen) atoms. The van der Waals surface area contributed by atoms with E-state index in [2.05, 4.69) is 153 Å². The van der Waals surface area contributed by atoms with Gasteiger partial charge in [0.25, 0.3) is 0 Å². The standard InChI is InChI=1S/C28H20Br2Si/c29-27-25(21-13-5-1-6-14-21)26(22-15-7-2-8-16-22)28(30)31(27,23-17-9-3-10-18-23)24-19-11-4-12-20-24/h1-20H. The Hall–Kier alpha value is -2.46. The molecule has 0 amide bonds. The van der Waals surface area contributed by atoms with Crippen molar-refractivity contribution in [2.45, 2.75) is 0 Å². The predicted octanol–water partition coefficient (Wildman–Crippen LogP) is 6.95. The Morgan fingerprint density at radius 2 is 0.677 bits per heavy atom. The van der Waals surface area contributed by atoms with Gasteiger partial charge in [0.15, 0.2) is 8.07 Å². The van der Waals surface area contributed by atoms with E-state index in [1.165, 1.54) is 40.9 Å². The molecule has 5 rings (SSSR count). The molecule has 4 aromatic carbocycles. The first kappa shape index (κ1) is 20.4. The van der Waals surface area contributed by atoms with Crippen molar-refractivity contribution in [2.24, 2.45) is 0 Å². The second-order valence-electron chi connectivity index (χ2n) is 7.59. The predicted molar refractivity (Wildman–Crippen MR) is 142 cm³/mol. The third kappa shape index (κ3) is 3.32. The van der Waals surface area contributed by atoms with E-state index >= 15 is 0 Å². The van der Waals surface area contributed by atoms with E-state index in [1.54, 1.807) is 0 Å². The first-order chi connectivity index (χ1) is 15.2. The zero-order valence-corrected chi connectivity index (χ0v) is 21.0. The average Bonchev–Trinajstić information content (AvgIpc) is 3.08. The molecule has 3 heteroatoms. The lowest BCUT2D eigenvalue weighted by Gasteiger charge is -2.30. The molecule has 4 aromatic rings. The van der Waals surface area contributed by atoms with Crippen molar-refractivity contribution in [3.05, 3.63) is 141 Å². The van der Waals surface area contributed by atoms with E-state index in [0.29, 0.717) is 0 Å². The summed E-state index contributed by atoms with van der Waals surface area (Å²) in [5, 5.41) is 2.72. The van der Waals surface area contributed by atoms with Gasteiger partial charge in [0, 0.05) is 8.21 Å². The lowest BCUT2D eigenvalue weighted by Crippen LogP contribution is -2.58. The molecule has 0 N–H and O–H groups in total. The van der Waals surface area contributed by atoms with Gasteiger partial charge in [-0.05, 0) is 32.6 Å². The largest absolute Gasteiger partial charge is 0.196 e. The van der Waals surface area contributed by atoms with Crippen molar-refractivity contribution in [1.82, 2.24) is 0 Å². The highest BCUT2D eigenvalue weighted by molar-refractivity contribution is 9.14. The molecule has 0 saturated carbocycles.